The average Bonchev–Trinajstić information content (AvgIpc) is 1.25. The van der Waals surface area contributed by atoms with Crippen LogP contribution in [0.25, 0.3) is 0 Å². The summed E-state index contributed by atoms with van der Waals surface area (Å²) in [5.41, 5.74) is 0. The Hall–Kier alpha value is 1.69. The van der Waals surface area contributed by atoms with Crippen LogP contribution in [0.2, 0.25) is 0 Å². The number of halogens is 2. The first-order valence-corrected chi connectivity index (χ1v) is 9.52. The van der Waals surface area contributed by atoms with Crippen LogP contribution < -0.4 is 0 Å². The summed E-state index contributed by atoms with van der Waals surface area (Å²) in [6.07, 6.45) is 0. The quantitative estimate of drug-likeness (QED) is 0.475. The van der Waals surface area contributed by atoms with Crippen molar-refractivity contribution in [2.45, 2.75) is 25.9 Å². The van der Waals surface area contributed by atoms with Crippen LogP contribution >= 0.6 is 46.5 Å². The lowest BCUT2D eigenvalue weighted by Gasteiger charge is -2.19. The minimum atomic E-state index is -1.91. The van der Waals surface area contributed by atoms with E-state index >= 15 is 0 Å². The van der Waals surface area contributed by atoms with Crippen molar-refractivity contribution in [1.82, 2.24) is 0 Å². The van der Waals surface area contributed by atoms with Gasteiger partial charge in [0.15, 0.2) is 0 Å². The van der Waals surface area contributed by atoms with Crippen molar-refractivity contribution in [3.63, 3.8) is 0 Å². The summed E-state index contributed by atoms with van der Waals surface area (Å²) in [5.74, 6) is 0. The van der Waals surface area contributed by atoms with E-state index in [9.17, 15) is 4.57 Å². The van der Waals surface area contributed by atoms with Crippen molar-refractivity contribution in [2.75, 3.05) is 0 Å². The predicted octanol–water partition coefficient (Wildman–Crippen LogP) is 3.85. The molecule has 0 aromatic rings. The summed E-state index contributed by atoms with van der Waals surface area (Å²) < 4.78 is 9.30. The molecule has 50 valence electrons. The van der Waals surface area contributed by atoms with Crippen LogP contribution in [0, 0.1) is 0 Å². The topological polar surface area (TPSA) is 17.1 Å². The molecule has 0 saturated heterocycles. The fourth-order valence-electron chi connectivity index (χ4n) is 0. The summed E-state index contributed by atoms with van der Waals surface area (Å²) in [5, 5.41) is -0.0336. The van der Waals surface area contributed by atoms with E-state index in [1.165, 1.54) is 0 Å². The maximum Gasteiger partial charge on any atom is 0.202 e. The molecule has 0 radical (unpaired) electrons. The second-order valence-electron chi connectivity index (χ2n) is 2.63. The first-order chi connectivity index (χ1) is 3.25. The Morgan fingerprint density at radius 2 is 1.38 bits per heavy atom. The molecule has 0 aliphatic heterocycles. The van der Waals surface area contributed by atoms with Gasteiger partial charge >= 0.3 is 0 Å². The molecule has 1 nitrogen and oxygen atoms in total. The standard InChI is InChI=1S/C4H9I2OP/c1-4(2,3)8(5,6)7/h1-3H3. The van der Waals surface area contributed by atoms with E-state index in [0.717, 1.165) is 0 Å². The Morgan fingerprint density at radius 3 is 1.38 bits per heavy atom. The molecule has 0 aromatic carbocycles. The first kappa shape index (κ1) is 9.69. The zero-order valence-corrected chi connectivity index (χ0v) is 10.3. The molecule has 0 heterocycles. The smallest absolute Gasteiger partial charge is 0.202 e. The normalized spacial score (nSPS) is 14.1. The van der Waals surface area contributed by atoms with Crippen LogP contribution in [0.1, 0.15) is 20.8 Å². The third-order valence-electron chi connectivity index (χ3n) is 0.781. The van der Waals surface area contributed by atoms with E-state index in [1.807, 2.05) is 64.9 Å². The first-order valence-electron chi connectivity index (χ1n) is 2.24. The molecule has 8 heavy (non-hydrogen) atoms. The van der Waals surface area contributed by atoms with E-state index in [-0.39, 0.29) is 5.16 Å². The summed E-state index contributed by atoms with van der Waals surface area (Å²) in [6, 6.07) is 0. The van der Waals surface area contributed by atoms with Gasteiger partial charge in [0.1, 0.15) is 0 Å². The molecule has 0 bridgehead atoms. The van der Waals surface area contributed by atoms with Gasteiger partial charge in [-0.05, 0) is 0 Å². The average molecular weight is 358 g/mol. The molecule has 0 spiro atoms. The monoisotopic (exact) mass is 358 g/mol. The molecular weight excluding hydrogens is 349 g/mol. The summed E-state index contributed by atoms with van der Waals surface area (Å²) in [4.78, 5) is 0. The van der Waals surface area contributed by atoms with Crippen LogP contribution in [0.15, 0.2) is 0 Å². The minimum absolute atomic E-state index is 0.0336. The summed E-state index contributed by atoms with van der Waals surface area (Å²) in [7, 11) is 0. The highest BCUT2D eigenvalue weighted by Crippen LogP contribution is 2.71. The third kappa shape index (κ3) is 3.01. The van der Waals surface area contributed by atoms with Gasteiger partial charge < -0.3 is 4.57 Å². The van der Waals surface area contributed by atoms with Crippen molar-refractivity contribution in [2.24, 2.45) is 0 Å². The fourth-order valence-corrected chi connectivity index (χ4v) is 0. The maximum atomic E-state index is 11.2. The van der Waals surface area contributed by atoms with Crippen LogP contribution in [0.4, 0.5) is 0 Å². The third-order valence-corrected chi connectivity index (χ3v) is 11.0. The number of hydrogen-bond donors (Lipinski definition) is 0. The maximum absolute atomic E-state index is 11.2. The van der Waals surface area contributed by atoms with Crippen molar-refractivity contribution >= 4 is 46.5 Å². The van der Waals surface area contributed by atoms with Gasteiger partial charge in [-0.2, -0.15) is 0 Å². The molecule has 0 aromatic heterocycles. The highest BCUT2D eigenvalue weighted by atomic mass is 127. The van der Waals surface area contributed by atoms with Crippen LogP contribution in [0.3, 0.4) is 0 Å². The van der Waals surface area contributed by atoms with Crippen LogP contribution in [-0.4, -0.2) is 5.16 Å². The Kier molecular flexibility index (Phi) is 3.32. The molecule has 0 aliphatic carbocycles. The van der Waals surface area contributed by atoms with Crippen LogP contribution in [0.5, 0.6) is 0 Å². The molecule has 0 atom stereocenters. The van der Waals surface area contributed by atoms with Gasteiger partial charge in [0, 0.05) is 49.2 Å². The van der Waals surface area contributed by atoms with Gasteiger partial charge in [-0.3, -0.25) is 0 Å². The lowest BCUT2D eigenvalue weighted by Crippen LogP contribution is -2.06. The van der Waals surface area contributed by atoms with Gasteiger partial charge in [0.05, 0.1) is 0 Å². The van der Waals surface area contributed by atoms with E-state index in [0.29, 0.717) is 0 Å². The summed E-state index contributed by atoms with van der Waals surface area (Å²) >= 11 is 4.05. The lowest BCUT2D eigenvalue weighted by molar-refractivity contribution is 0.576. The fraction of sp³-hybridized carbons (Fsp3) is 1.00. The van der Waals surface area contributed by atoms with E-state index in [4.69, 9.17) is 0 Å². The second kappa shape index (κ2) is 2.74. The molecule has 0 unspecified atom stereocenters. The Balaban J connectivity index is 4.26. The van der Waals surface area contributed by atoms with E-state index in [2.05, 4.69) is 0 Å². The van der Waals surface area contributed by atoms with E-state index in [1.54, 1.807) is 0 Å². The van der Waals surface area contributed by atoms with Gasteiger partial charge in [0.25, 0.3) is 0 Å². The SMILES string of the molecule is CC(C)(C)P(=O)(I)I. The highest BCUT2D eigenvalue weighted by Gasteiger charge is 2.29. The molecule has 0 aliphatic rings. The Bertz CT molecular complexity index is 120. The molecule has 4 heteroatoms. The van der Waals surface area contributed by atoms with Crippen molar-refractivity contribution < 1.29 is 4.57 Å². The highest BCUT2D eigenvalue weighted by molar-refractivity contribution is 14.3. The lowest BCUT2D eigenvalue weighted by atomic mass is 10.3. The predicted molar refractivity (Wildman–Crippen MR) is 55.4 cm³/mol. The zero-order valence-electron chi connectivity index (χ0n) is 5.11. The Morgan fingerprint density at radius 1 is 1.25 bits per heavy atom. The molecule has 0 rings (SSSR count). The van der Waals surface area contributed by atoms with Gasteiger partial charge in [0.2, 0.25) is 2.43 Å². The molecule has 0 N–H and O–H groups in total. The Labute approximate surface area is 76.3 Å². The largest absolute Gasteiger partial charge is 0.301 e. The number of rotatable bonds is 0. The van der Waals surface area contributed by atoms with E-state index < -0.39 is 2.43 Å². The second-order valence-corrected chi connectivity index (χ2v) is 18.6. The van der Waals surface area contributed by atoms with Crippen molar-refractivity contribution in [1.29, 1.82) is 0 Å². The molecule has 0 saturated carbocycles. The van der Waals surface area contributed by atoms with Crippen LogP contribution in [-0.2, 0) is 4.57 Å². The van der Waals surface area contributed by atoms with Crippen molar-refractivity contribution in [3.8, 4) is 0 Å². The number of hydrogen-bond acceptors (Lipinski definition) is 1. The van der Waals surface area contributed by atoms with Gasteiger partial charge in [-0.25, -0.2) is 0 Å². The zero-order chi connectivity index (χ0) is 7.00. The summed E-state index contributed by atoms with van der Waals surface area (Å²) in [6.45, 7) is 5.98. The minimum Gasteiger partial charge on any atom is -0.301 e. The van der Waals surface area contributed by atoms with Gasteiger partial charge in [-0.1, -0.05) is 20.8 Å². The molecule has 0 amide bonds. The van der Waals surface area contributed by atoms with Crippen molar-refractivity contribution in [3.05, 3.63) is 0 Å². The molecular formula is C4H9I2OP. The molecule has 0 fully saturated rings. The van der Waals surface area contributed by atoms with Gasteiger partial charge in [-0.15, -0.1) is 0 Å².